The van der Waals surface area contributed by atoms with Crippen molar-refractivity contribution in [2.45, 2.75) is 12.5 Å². The van der Waals surface area contributed by atoms with Gasteiger partial charge < -0.3 is 10.4 Å². The second-order valence-electron chi connectivity index (χ2n) is 4.48. The molecular formula is C13H19Cl2FN2O. The van der Waals surface area contributed by atoms with E-state index in [0.717, 1.165) is 26.2 Å². The molecule has 0 saturated carbocycles. The maximum Gasteiger partial charge on any atom is 0.129 e. The SMILES string of the molecule is Cl.OCC[C@@H](c1ccc(Cl)cc1F)N1CCNCC1. The maximum atomic E-state index is 14.0. The highest BCUT2D eigenvalue weighted by molar-refractivity contribution is 6.30. The lowest BCUT2D eigenvalue weighted by atomic mass is 10.0. The van der Waals surface area contributed by atoms with E-state index in [1.807, 2.05) is 0 Å². The zero-order chi connectivity index (χ0) is 13.0. The van der Waals surface area contributed by atoms with Gasteiger partial charge in [0.25, 0.3) is 0 Å². The van der Waals surface area contributed by atoms with Crippen molar-refractivity contribution in [1.29, 1.82) is 0 Å². The Balaban J connectivity index is 0.00000180. The molecule has 0 aromatic heterocycles. The first-order chi connectivity index (χ1) is 8.72. The zero-order valence-corrected chi connectivity index (χ0v) is 12.2. The molecule has 1 atom stereocenters. The summed E-state index contributed by atoms with van der Waals surface area (Å²) in [5.74, 6) is -0.292. The third-order valence-electron chi connectivity index (χ3n) is 3.32. The third kappa shape index (κ3) is 4.29. The van der Waals surface area contributed by atoms with Gasteiger partial charge in [-0.3, -0.25) is 4.90 Å². The average Bonchev–Trinajstić information content (AvgIpc) is 2.38. The van der Waals surface area contributed by atoms with E-state index in [1.165, 1.54) is 6.07 Å². The van der Waals surface area contributed by atoms with Gasteiger partial charge in [-0.1, -0.05) is 17.7 Å². The lowest BCUT2D eigenvalue weighted by molar-refractivity contribution is 0.138. The summed E-state index contributed by atoms with van der Waals surface area (Å²) in [7, 11) is 0. The Kier molecular flexibility index (Phi) is 7.04. The molecule has 1 saturated heterocycles. The van der Waals surface area contributed by atoms with Crippen molar-refractivity contribution in [2.75, 3.05) is 32.8 Å². The van der Waals surface area contributed by atoms with Gasteiger partial charge in [0.2, 0.25) is 0 Å². The van der Waals surface area contributed by atoms with Crippen LogP contribution in [0.5, 0.6) is 0 Å². The van der Waals surface area contributed by atoms with E-state index >= 15 is 0 Å². The molecule has 1 fully saturated rings. The number of aliphatic hydroxyl groups is 1. The van der Waals surface area contributed by atoms with Gasteiger partial charge in [0.15, 0.2) is 0 Å². The Morgan fingerprint density at radius 2 is 2.05 bits per heavy atom. The van der Waals surface area contributed by atoms with Crippen LogP contribution in [0.1, 0.15) is 18.0 Å². The molecule has 1 heterocycles. The van der Waals surface area contributed by atoms with Crippen LogP contribution >= 0.6 is 24.0 Å². The lowest BCUT2D eigenvalue weighted by Gasteiger charge is -2.35. The lowest BCUT2D eigenvalue weighted by Crippen LogP contribution is -2.45. The number of rotatable bonds is 4. The van der Waals surface area contributed by atoms with Crippen molar-refractivity contribution in [3.8, 4) is 0 Å². The first-order valence-electron chi connectivity index (χ1n) is 6.23. The van der Waals surface area contributed by atoms with Crippen molar-refractivity contribution < 1.29 is 9.50 Å². The topological polar surface area (TPSA) is 35.5 Å². The van der Waals surface area contributed by atoms with Crippen molar-refractivity contribution >= 4 is 24.0 Å². The molecule has 1 aromatic carbocycles. The van der Waals surface area contributed by atoms with Crippen LogP contribution in [0.3, 0.4) is 0 Å². The van der Waals surface area contributed by atoms with Crippen LogP contribution in [-0.4, -0.2) is 42.8 Å². The van der Waals surface area contributed by atoms with E-state index in [9.17, 15) is 9.50 Å². The van der Waals surface area contributed by atoms with E-state index in [1.54, 1.807) is 12.1 Å². The molecule has 19 heavy (non-hydrogen) atoms. The molecule has 0 unspecified atom stereocenters. The minimum atomic E-state index is -0.292. The largest absolute Gasteiger partial charge is 0.396 e. The van der Waals surface area contributed by atoms with Gasteiger partial charge in [-0.2, -0.15) is 0 Å². The van der Waals surface area contributed by atoms with Gasteiger partial charge in [0.1, 0.15) is 5.82 Å². The molecule has 6 heteroatoms. The fourth-order valence-electron chi connectivity index (χ4n) is 2.42. The highest BCUT2D eigenvalue weighted by Gasteiger charge is 2.24. The number of hydrogen-bond donors (Lipinski definition) is 2. The van der Waals surface area contributed by atoms with Gasteiger partial charge in [-0.25, -0.2) is 4.39 Å². The Bertz CT molecular complexity index is 400. The normalized spacial score (nSPS) is 17.8. The molecule has 2 N–H and O–H groups in total. The van der Waals surface area contributed by atoms with Crippen LogP contribution in [0.25, 0.3) is 0 Å². The summed E-state index contributed by atoms with van der Waals surface area (Å²) in [6, 6.07) is 4.69. The van der Waals surface area contributed by atoms with Crippen molar-refractivity contribution in [2.24, 2.45) is 0 Å². The third-order valence-corrected chi connectivity index (χ3v) is 3.55. The molecule has 0 radical (unpaired) electrons. The van der Waals surface area contributed by atoms with Crippen molar-refractivity contribution in [1.82, 2.24) is 10.2 Å². The minimum absolute atomic E-state index is 0. The Labute approximate surface area is 124 Å². The Morgan fingerprint density at radius 3 is 2.63 bits per heavy atom. The first-order valence-corrected chi connectivity index (χ1v) is 6.60. The minimum Gasteiger partial charge on any atom is -0.396 e. The number of piperazine rings is 1. The number of hydrogen-bond acceptors (Lipinski definition) is 3. The number of halogens is 3. The highest BCUT2D eigenvalue weighted by Crippen LogP contribution is 2.28. The standard InChI is InChI=1S/C13H18ClFN2O.ClH/c14-10-1-2-11(12(15)9-10)13(3-8-18)17-6-4-16-5-7-17;/h1-2,9,13,16,18H,3-8H2;1H/t13-;/m0./s1. The summed E-state index contributed by atoms with van der Waals surface area (Å²) in [5.41, 5.74) is 0.621. The maximum absolute atomic E-state index is 14.0. The molecule has 0 spiro atoms. The van der Waals surface area contributed by atoms with Crippen LogP contribution in [0.2, 0.25) is 5.02 Å². The molecule has 2 rings (SSSR count). The monoisotopic (exact) mass is 308 g/mol. The van der Waals surface area contributed by atoms with E-state index in [2.05, 4.69) is 10.2 Å². The van der Waals surface area contributed by atoms with Crippen LogP contribution in [0.4, 0.5) is 4.39 Å². The van der Waals surface area contributed by atoms with Crippen LogP contribution in [-0.2, 0) is 0 Å². The number of nitrogens with one attached hydrogen (secondary N) is 1. The van der Waals surface area contributed by atoms with Gasteiger partial charge in [-0.05, 0) is 18.6 Å². The summed E-state index contributed by atoms with van der Waals surface area (Å²) < 4.78 is 14.0. The van der Waals surface area contributed by atoms with Gasteiger partial charge in [0.05, 0.1) is 0 Å². The zero-order valence-electron chi connectivity index (χ0n) is 10.6. The molecule has 108 valence electrons. The summed E-state index contributed by atoms with van der Waals surface area (Å²) in [4.78, 5) is 2.21. The van der Waals surface area contributed by atoms with Crippen LogP contribution in [0.15, 0.2) is 18.2 Å². The fourth-order valence-corrected chi connectivity index (χ4v) is 2.58. The molecule has 0 aliphatic carbocycles. The molecule has 0 bridgehead atoms. The van der Waals surface area contributed by atoms with Gasteiger partial charge in [-0.15, -0.1) is 12.4 Å². The smallest absolute Gasteiger partial charge is 0.129 e. The highest BCUT2D eigenvalue weighted by atomic mass is 35.5. The summed E-state index contributed by atoms with van der Waals surface area (Å²) in [5, 5.41) is 12.9. The molecule has 1 aliphatic heterocycles. The number of benzene rings is 1. The van der Waals surface area contributed by atoms with E-state index < -0.39 is 0 Å². The average molecular weight is 309 g/mol. The molecule has 0 amide bonds. The molecule has 1 aliphatic rings. The van der Waals surface area contributed by atoms with E-state index in [4.69, 9.17) is 11.6 Å². The summed E-state index contributed by atoms with van der Waals surface area (Å²) in [6.07, 6.45) is 0.540. The van der Waals surface area contributed by atoms with Crippen LogP contribution < -0.4 is 5.32 Å². The predicted octanol–water partition coefficient (Wildman–Crippen LogP) is 2.23. The summed E-state index contributed by atoms with van der Waals surface area (Å²) >= 11 is 5.77. The Hall–Kier alpha value is -0.390. The predicted molar refractivity (Wildman–Crippen MR) is 77.5 cm³/mol. The second-order valence-corrected chi connectivity index (χ2v) is 4.92. The molecular weight excluding hydrogens is 290 g/mol. The summed E-state index contributed by atoms with van der Waals surface area (Å²) in [6.45, 7) is 3.59. The number of aliphatic hydroxyl groups excluding tert-OH is 1. The molecule has 1 aromatic rings. The van der Waals surface area contributed by atoms with E-state index in [-0.39, 0.29) is 30.9 Å². The van der Waals surface area contributed by atoms with E-state index in [0.29, 0.717) is 17.0 Å². The fraction of sp³-hybridized carbons (Fsp3) is 0.538. The van der Waals surface area contributed by atoms with Crippen molar-refractivity contribution in [3.63, 3.8) is 0 Å². The number of nitrogens with zero attached hydrogens (tertiary/aromatic N) is 1. The Morgan fingerprint density at radius 1 is 1.37 bits per heavy atom. The van der Waals surface area contributed by atoms with Crippen LogP contribution in [0, 0.1) is 5.82 Å². The van der Waals surface area contributed by atoms with Gasteiger partial charge >= 0.3 is 0 Å². The van der Waals surface area contributed by atoms with Gasteiger partial charge in [0, 0.05) is 49.4 Å². The van der Waals surface area contributed by atoms with Crippen molar-refractivity contribution in [3.05, 3.63) is 34.6 Å². The first kappa shape index (κ1) is 16.7. The quantitative estimate of drug-likeness (QED) is 0.895. The second kappa shape index (κ2) is 8.02. The molecule has 3 nitrogen and oxygen atoms in total.